The molecule has 0 aliphatic heterocycles. The summed E-state index contributed by atoms with van der Waals surface area (Å²) in [5, 5.41) is 0.715. The van der Waals surface area contributed by atoms with Crippen molar-refractivity contribution in [2.45, 2.75) is 11.8 Å². The van der Waals surface area contributed by atoms with E-state index in [-0.39, 0.29) is 10.6 Å². The number of carbonyl (C=O) groups excluding carboxylic acids is 1. The van der Waals surface area contributed by atoms with Crippen LogP contribution in [0.2, 0.25) is 5.02 Å². The van der Waals surface area contributed by atoms with E-state index < -0.39 is 0 Å². The van der Waals surface area contributed by atoms with Gasteiger partial charge >= 0.3 is 0 Å². The first-order valence-corrected chi connectivity index (χ1v) is 5.99. The number of benzene rings is 1. The van der Waals surface area contributed by atoms with Crippen molar-refractivity contribution in [2.75, 3.05) is 0 Å². The van der Waals surface area contributed by atoms with Gasteiger partial charge in [0.25, 0.3) is 0 Å². The summed E-state index contributed by atoms with van der Waals surface area (Å²) in [5.41, 5.74) is 0.946. The molecule has 0 aliphatic rings. The Morgan fingerprint density at radius 3 is 2.69 bits per heavy atom. The van der Waals surface area contributed by atoms with Gasteiger partial charge in [-0.15, -0.1) is 0 Å². The van der Waals surface area contributed by atoms with Crippen molar-refractivity contribution < 1.29 is 4.79 Å². The average molecular weight is 373 g/mol. The molecule has 0 N–H and O–H groups in total. The Kier molecular flexibility index (Phi) is 4.19. The van der Waals surface area contributed by atoms with E-state index in [1.165, 1.54) is 0 Å². The largest absolute Gasteiger partial charge is 0.298 e. The first-order valence-electron chi connectivity index (χ1n) is 3.62. The molecule has 70 valence electrons. The van der Waals surface area contributed by atoms with Crippen LogP contribution in [0, 0.1) is 3.57 Å². The molecule has 0 aliphatic carbocycles. The van der Waals surface area contributed by atoms with Crippen LogP contribution < -0.4 is 0 Å². The van der Waals surface area contributed by atoms with Gasteiger partial charge in [0, 0.05) is 3.57 Å². The van der Waals surface area contributed by atoms with Gasteiger partial charge in [-0.3, -0.25) is 4.79 Å². The molecule has 0 spiro atoms. The number of hydrogen-bond donors (Lipinski definition) is 0. The van der Waals surface area contributed by atoms with E-state index in [1.54, 1.807) is 13.0 Å². The number of Topliss-reactive ketones (excluding diaryl/α,β-unsaturated/α-hetero) is 1. The minimum absolute atomic E-state index is 0.0955. The SMILES string of the molecule is CC(=O)C(Br)c1ccc(Cl)c(I)c1. The van der Waals surface area contributed by atoms with Crippen LogP contribution in [0.1, 0.15) is 17.3 Å². The van der Waals surface area contributed by atoms with Crippen molar-refractivity contribution in [2.24, 2.45) is 0 Å². The van der Waals surface area contributed by atoms with E-state index in [4.69, 9.17) is 11.6 Å². The van der Waals surface area contributed by atoms with Crippen molar-refractivity contribution in [3.05, 3.63) is 32.4 Å². The van der Waals surface area contributed by atoms with E-state index in [1.807, 2.05) is 12.1 Å². The maximum atomic E-state index is 11.1. The summed E-state index contributed by atoms with van der Waals surface area (Å²) in [4.78, 5) is 10.8. The van der Waals surface area contributed by atoms with E-state index in [0.717, 1.165) is 9.13 Å². The number of alkyl halides is 1. The van der Waals surface area contributed by atoms with E-state index >= 15 is 0 Å². The second-order valence-corrected chi connectivity index (χ2v) is 5.13. The summed E-state index contributed by atoms with van der Waals surface area (Å²) in [7, 11) is 0. The third kappa shape index (κ3) is 2.92. The van der Waals surface area contributed by atoms with Crippen LogP contribution in [0.25, 0.3) is 0 Å². The van der Waals surface area contributed by atoms with Gasteiger partial charge in [0.1, 0.15) is 5.78 Å². The number of halogens is 3. The maximum Gasteiger partial charge on any atom is 0.147 e. The summed E-state index contributed by atoms with van der Waals surface area (Å²) in [6, 6.07) is 5.56. The zero-order valence-corrected chi connectivity index (χ0v) is 11.4. The van der Waals surface area contributed by atoms with Gasteiger partial charge in [-0.25, -0.2) is 0 Å². The molecule has 1 nitrogen and oxygen atoms in total. The van der Waals surface area contributed by atoms with Gasteiger partial charge in [0.2, 0.25) is 0 Å². The predicted octanol–water partition coefficient (Wildman–Crippen LogP) is 3.97. The van der Waals surface area contributed by atoms with Gasteiger partial charge in [0.05, 0.1) is 9.85 Å². The number of ketones is 1. The maximum absolute atomic E-state index is 11.1. The summed E-state index contributed by atoms with van der Waals surface area (Å²) in [6.45, 7) is 1.56. The molecule has 13 heavy (non-hydrogen) atoms. The lowest BCUT2D eigenvalue weighted by Crippen LogP contribution is -2.00. The Morgan fingerprint density at radius 2 is 2.23 bits per heavy atom. The van der Waals surface area contributed by atoms with Crippen LogP contribution >= 0.6 is 50.1 Å². The first-order chi connectivity index (χ1) is 6.02. The molecule has 4 heteroatoms. The normalized spacial score (nSPS) is 12.6. The van der Waals surface area contributed by atoms with Crippen LogP contribution in [-0.2, 0) is 4.79 Å². The van der Waals surface area contributed by atoms with Crippen molar-refractivity contribution >= 4 is 55.9 Å². The molecule has 1 rings (SSSR count). The lowest BCUT2D eigenvalue weighted by atomic mass is 10.1. The fraction of sp³-hybridized carbons (Fsp3) is 0.222. The zero-order valence-electron chi connectivity index (χ0n) is 6.85. The molecule has 0 amide bonds. The van der Waals surface area contributed by atoms with Crippen LogP contribution in [0.5, 0.6) is 0 Å². The van der Waals surface area contributed by atoms with Crippen LogP contribution in [-0.4, -0.2) is 5.78 Å². The summed E-state index contributed by atoms with van der Waals surface area (Å²) < 4.78 is 0.961. The third-order valence-electron chi connectivity index (χ3n) is 1.59. The van der Waals surface area contributed by atoms with Crippen LogP contribution in [0.15, 0.2) is 18.2 Å². The molecule has 0 saturated carbocycles. The van der Waals surface area contributed by atoms with Crippen molar-refractivity contribution in [1.29, 1.82) is 0 Å². The summed E-state index contributed by atoms with van der Waals surface area (Å²) >= 11 is 11.3. The van der Waals surface area contributed by atoms with Gasteiger partial charge in [0.15, 0.2) is 0 Å². The Bertz CT molecular complexity index is 340. The number of rotatable bonds is 2. The summed E-state index contributed by atoms with van der Waals surface area (Å²) in [5.74, 6) is 0.0955. The van der Waals surface area contributed by atoms with E-state index in [9.17, 15) is 4.79 Å². The second kappa shape index (κ2) is 4.75. The highest BCUT2D eigenvalue weighted by Gasteiger charge is 2.13. The van der Waals surface area contributed by atoms with Crippen LogP contribution in [0.3, 0.4) is 0 Å². The molecule has 0 aromatic heterocycles. The Hall–Kier alpha value is 0.390. The van der Waals surface area contributed by atoms with Gasteiger partial charge in [-0.1, -0.05) is 33.6 Å². The highest BCUT2D eigenvalue weighted by atomic mass is 127. The number of hydrogen-bond acceptors (Lipinski definition) is 1. The molecule has 1 aromatic rings. The van der Waals surface area contributed by atoms with E-state index in [2.05, 4.69) is 38.5 Å². The lowest BCUT2D eigenvalue weighted by Gasteiger charge is -2.06. The number of carbonyl (C=O) groups is 1. The summed E-state index contributed by atoms with van der Waals surface area (Å²) in [6.07, 6.45) is 0. The highest BCUT2D eigenvalue weighted by Crippen LogP contribution is 2.28. The quantitative estimate of drug-likeness (QED) is 0.566. The first kappa shape index (κ1) is 11.5. The smallest absolute Gasteiger partial charge is 0.147 e. The van der Waals surface area contributed by atoms with Gasteiger partial charge in [-0.05, 0) is 47.2 Å². The molecule has 0 radical (unpaired) electrons. The topological polar surface area (TPSA) is 17.1 Å². The molecule has 0 fully saturated rings. The molecule has 1 aromatic carbocycles. The third-order valence-corrected chi connectivity index (χ3v) is 4.31. The molecule has 0 saturated heterocycles. The fourth-order valence-corrected chi connectivity index (χ4v) is 1.85. The predicted molar refractivity (Wildman–Crippen MR) is 66.5 cm³/mol. The monoisotopic (exact) mass is 372 g/mol. The standard InChI is InChI=1S/C9H7BrClIO/c1-5(13)9(10)6-2-3-7(11)8(12)4-6/h2-4,9H,1H3. The zero-order chi connectivity index (χ0) is 10.0. The van der Waals surface area contributed by atoms with Crippen molar-refractivity contribution in [3.8, 4) is 0 Å². The molecular formula is C9H7BrClIO. The highest BCUT2D eigenvalue weighted by molar-refractivity contribution is 14.1. The minimum atomic E-state index is -0.224. The van der Waals surface area contributed by atoms with Crippen molar-refractivity contribution in [1.82, 2.24) is 0 Å². The minimum Gasteiger partial charge on any atom is -0.298 e. The van der Waals surface area contributed by atoms with Gasteiger partial charge < -0.3 is 0 Å². The lowest BCUT2D eigenvalue weighted by molar-refractivity contribution is -0.116. The second-order valence-electron chi connectivity index (χ2n) is 2.65. The van der Waals surface area contributed by atoms with E-state index in [0.29, 0.717) is 5.02 Å². The van der Waals surface area contributed by atoms with Crippen LogP contribution in [0.4, 0.5) is 0 Å². The van der Waals surface area contributed by atoms with Crippen molar-refractivity contribution in [3.63, 3.8) is 0 Å². The molecular weight excluding hydrogens is 366 g/mol. The average Bonchev–Trinajstić information content (AvgIpc) is 2.08. The Labute approximate surface area is 104 Å². The Balaban J connectivity index is 3.03. The fourth-order valence-electron chi connectivity index (χ4n) is 0.905. The molecule has 1 unspecified atom stereocenters. The molecule has 0 bridgehead atoms. The Morgan fingerprint density at radius 1 is 1.62 bits per heavy atom. The molecule has 0 heterocycles. The van der Waals surface area contributed by atoms with Gasteiger partial charge in [-0.2, -0.15) is 0 Å². The molecule has 1 atom stereocenters.